The maximum atomic E-state index is 14.4. The first-order valence-electron chi connectivity index (χ1n) is 10.3. The number of halogens is 3. The molecular formula is C22H23Cl2FN2O4S. The number of amides is 1. The Kier molecular flexibility index (Phi) is 6.56. The highest BCUT2D eigenvalue weighted by atomic mass is 35.5. The van der Waals surface area contributed by atoms with Crippen LogP contribution in [0.2, 0.25) is 10.0 Å². The van der Waals surface area contributed by atoms with Gasteiger partial charge >= 0.3 is 0 Å². The Labute approximate surface area is 196 Å². The Morgan fingerprint density at radius 1 is 1.09 bits per heavy atom. The molecule has 1 N–H and O–H groups in total. The van der Waals surface area contributed by atoms with Gasteiger partial charge in [0.2, 0.25) is 10.0 Å². The molecule has 0 atom stereocenters. The highest BCUT2D eigenvalue weighted by Crippen LogP contribution is 2.44. The molecule has 1 heterocycles. The summed E-state index contributed by atoms with van der Waals surface area (Å²) in [5.41, 5.74) is 1.83. The number of hydrogen-bond donors (Lipinski definition) is 1. The second-order valence-corrected chi connectivity index (χ2v) is 10.8. The molecule has 1 aliphatic carbocycles. The number of benzene rings is 2. The maximum Gasteiger partial charge on any atom is 0.267 e. The highest BCUT2D eigenvalue weighted by Gasteiger charge is 2.27. The average Bonchev–Trinajstić information content (AvgIpc) is 3.55. The van der Waals surface area contributed by atoms with E-state index in [0.29, 0.717) is 18.8 Å². The van der Waals surface area contributed by atoms with E-state index in [4.69, 9.17) is 27.9 Å². The SMILES string of the molecule is CS(=O)(=O)NC(=O)c1cc(Cl)c(OC2CCN(c3ccc(C4CC4)c(Cl)c3)CC2)cc1F. The van der Waals surface area contributed by atoms with Crippen molar-refractivity contribution in [3.63, 3.8) is 0 Å². The summed E-state index contributed by atoms with van der Waals surface area (Å²) in [6.07, 6.45) is 4.46. The van der Waals surface area contributed by atoms with Gasteiger partial charge in [-0.25, -0.2) is 17.5 Å². The van der Waals surface area contributed by atoms with E-state index in [1.165, 1.54) is 18.4 Å². The zero-order chi connectivity index (χ0) is 23.0. The molecular weight excluding hydrogens is 478 g/mol. The largest absolute Gasteiger partial charge is 0.489 e. The molecule has 1 saturated heterocycles. The third-order valence-corrected chi connectivity index (χ3v) is 6.83. The van der Waals surface area contributed by atoms with E-state index >= 15 is 0 Å². The Balaban J connectivity index is 1.38. The van der Waals surface area contributed by atoms with Crippen LogP contribution in [0.5, 0.6) is 5.75 Å². The zero-order valence-electron chi connectivity index (χ0n) is 17.4. The van der Waals surface area contributed by atoms with Gasteiger partial charge in [-0.1, -0.05) is 29.3 Å². The maximum absolute atomic E-state index is 14.4. The van der Waals surface area contributed by atoms with Crippen LogP contribution in [0.1, 0.15) is 47.5 Å². The van der Waals surface area contributed by atoms with Crippen LogP contribution in [0, 0.1) is 5.82 Å². The van der Waals surface area contributed by atoms with Crippen LogP contribution in [0.15, 0.2) is 30.3 Å². The van der Waals surface area contributed by atoms with E-state index in [1.54, 1.807) is 4.72 Å². The van der Waals surface area contributed by atoms with E-state index in [0.717, 1.165) is 42.2 Å². The summed E-state index contributed by atoms with van der Waals surface area (Å²) in [6, 6.07) is 8.33. The summed E-state index contributed by atoms with van der Waals surface area (Å²) in [5, 5.41) is 0.848. The van der Waals surface area contributed by atoms with Crippen molar-refractivity contribution >= 4 is 44.8 Å². The number of nitrogens with zero attached hydrogens (tertiary/aromatic N) is 1. The van der Waals surface area contributed by atoms with Crippen molar-refractivity contribution in [1.29, 1.82) is 0 Å². The summed E-state index contributed by atoms with van der Waals surface area (Å²) >= 11 is 12.6. The molecule has 1 saturated carbocycles. The first kappa shape index (κ1) is 23.1. The van der Waals surface area contributed by atoms with E-state index in [9.17, 15) is 17.6 Å². The first-order chi connectivity index (χ1) is 15.1. The molecule has 0 radical (unpaired) electrons. The molecule has 2 aromatic rings. The normalized spacial score (nSPS) is 17.3. The van der Waals surface area contributed by atoms with Crippen LogP contribution in [0.3, 0.4) is 0 Å². The smallest absolute Gasteiger partial charge is 0.267 e. The molecule has 172 valence electrons. The number of carbonyl (C=O) groups excluding carboxylic acids is 1. The van der Waals surface area contributed by atoms with Crippen LogP contribution in [-0.2, 0) is 10.0 Å². The average molecular weight is 501 g/mol. The molecule has 0 unspecified atom stereocenters. The predicted molar refractivity (Wildman–Crippen MR) is 123 cm³/mol. The zero-order valence-corrected chi connectivity index (χ0v) is 19.7. The Morgan fingerprint density at radius 3 is 2.38 bits per heavy atom. The summed E-state index contributed by atoms with van der Waals surface area (Å²) in [4.78, 5) is 14.2. The number of piperidine rings is 1. The van der Waals surface area contributed by atoms with Gasteiger partial charge in [0, 0.05) is 42.7 Å². The van der Waals surface area contributed by atoms with E-state index in [1.807, 2.05) is 6.07 Å². The lowest BCUT2D eigenvalue weighted by atomic mass is 10.1. The Morgan fingerprint density at radius 2 is 1.78 bits per heavy atom. The minimum Gasteiger partial charge on any atom is -0.489 e. The first-order valence-corrected chi connectivity index (χ1v) is 13.0. The second-order valence-electron chi connectivity index (χ2n) is 8.25. The second kappa shape index (κ2) is 9.08. The van der Waals surface area contributed by atoms with Crippen molar-refractivity contribution in [3.05, 3.63) is 57.3 Å². The lowest BCUT2D eigenvalue weighted by molar-refractivity contribution is 0.0977. The third-order valence-electron chi connectivity index (χ3n) is 5.65. The minimum absolute atomic E-state index is 0.0370. The molecule has 10 heteroatoms. The number of carbonyl (C=O) groups is 1. The number of anilines is 1. The van der Waals surface area contributed by atoms with Gasteiger partial charge in [0.05, 0.1) is 16.8 Å². The van der Waals surface area contributed by atoms with Gasteiger partial charge in [0.15, 0.2) is 0 Å². The van der Waals surface area contributed by atoms with Crippen molar-refractivity contribution in [3.8, 4) is 5.75 Å². The highest BCUT2D eigenvalue weighted by molar-refractivity contribution is 7.89. The van der Waals surface area contributed by atoms with Gasteiger partial charge in [-0.15, -0.1) is 0 Å². The van der Waals surface area contributed by atoms with Crippen LogP contribution in [-0.4, -0.2) is 39.8 Å². The fraction of sp³-hybridized carbons (Fsp3) is 0.409. The molecule has 0 aromatic heterocycles. The fourth-order valence-corrected chi connectivity index (χ4v) is 4.85. The van der Waals surface area contributed by atoms with Crippen molar-refractivity contribution in [2.75, 3.05) is 24.2 Å². The Bertz CT molecular complexity index is 1150. The van der Waals surface area contributed by atoms with Crippen molar-refractivity contribution in [1.82, 2.24) is 4.72 Å². The number of ether oxygens (including phenoxy) is 1. The summed E-state index contributed by atoms with van der Waals surface area (Å²) in [6.45, 7) is 1.50. The van der Waals surface area contributed by atoms with Crippen LogP contribution in [0.4, 0.5) is 10.1 Å². The molecule has 0 bridgehead atoms. The van der Waals surface area contributed by atoms with Gasteiger partial charge in [-0.05, 0) is 42.5 Å². The quantitative estimate of drug-likeness (QED) is 0.619. The van der Waals surface area contributed by atoms with Crippen LogP contribution in [0.25, 0.3) is 0 Å². The van der Waals surface area contributed by atoms with Crippen LogP contribution >= 0.6 is 23.2 Å². The Hall–Kier alpha value is -2.03. The van der Waals surface area contributed by atoms with Crippen molar-refractivity contribution in [2.45, 2.75) is 37.7 Å². The molecule has 4 rings (SSSR count). The van der Waals surface area contributed by atoms with Crippen molar-refractivity contribution in [2.24, 2.45) is 0 Å². The third kappa shape index (κ3) is 5.47. The molecule has 2 aromatic carbocycles. The predicted octanol–water partition coefficient (Wildman–Crippen LogP) is 4.75. The topological polar surface area (TPSA) is 75.7 Å². The standard InChI is InChI=1S/C22H23Cl2FN2O4S/c1-32(29,30)26-22(28)17-11-19(24)21(12-20(17)25)31-15-6-8-27(9-7-15)14-4-5-16(13-2-3-13)18(23)10-14/h4-5,10-13,15H,2-3,6-9H2,1H3,(H,26,28). The van der Waals surface area contributed by atoms with Crippen LogP contribution < -0.4 is 14.4 Å². The van der Waals surface area contributed by atoms with E-state index < -0.39 is 27.3 Å². The fourth-order valence-electron chi connectivity index (χ4n) is 3.87. The number of rotatable bonds is 6. The number of hydrogen-bond acceptors (Lipinski definition) is 5. The number of sulfonamides is 1. The van der Waals surface area contributed by atoms with E-state index in [2.05, 4.69) is 17.0 Å². The lowest BCUT2D eigenvalue weighted by Gasteiger charge is -2.34. The minimum atomic E-state index is -3.82. The van der Waals surface area contributed by atoms with Gasteiger partial charge in [0.1, 0.15) is 17.7 Å². The molecule has 32 heavy (non-hydrogen) atoms. The van der Waals surface area contributed by atoms with E-state index in [-0.39, 0.29) is 16.9 Å². The summed E-state index contributed by atoms with van der Waals surface area (Å²) in [7, 11) is -3.82. The molecule has 1 amide bonds. The summed E-state index contributed by atoms with van der Waals surface area (Å²) < 4.78 is 44.5. The lowest BCUT2D eigenvalue weighted by Crippen LogP contribution is -2.38. The van der Waals surface area contributed by atoms with Gasteiger partial charge in [-0.3, -0.25) is 4.79 Å². The molecule has 1 aliphatic heterocycles. The van der Waals surface area contributed by atoms with Crippen molar-refractivity contribution < 1.29 is 22.3 Å². The van der Waals surface area contributed by atoms with Gasteiger partial charge in [0.25, 0.3) is 5.91 Å². The summed E-state index contributed by atoms with van der Waals surface area (Å²) in [5.74, 6) is -1.27. The molecule has 2 fully saturated rings. The monoisotopic (exact) mass is 500 g/mol. The molecule has 6 nitrogen and oxygen atoms in total. The molecule has 0 spiro atoms. The van der Waals surface area contributed by atoms with Gasteiger partial charge < -0.3 is 9.64 Å². The molecule has 2 aliphatic rings. The van der Waals surface area contributed by atoms with Gasteiger partial charge in [-0.2, -0.15) is 0 Å². The number of nitrogens with one attached hydrogen (secondary N) is 1.